The van der Waals surface area contributed by atoms with Gasteiger partial charge >= 0.3 is 0 Å². The van der Waals surface area contributed by atoms with Crippen molar-refractivity contribution in [2.45, 2.75) is 18.1 Å². The maximum absolute atomic E-state index is 11.3. The molecule has 2 amide bonds. The van der Waals surface area contributed by atoms with Gasteiger partial charge in [-0.05, 0) is 6.42 Å². The highest BCUT2D eigenvalue weighted by Gasteiger charge is 2.35. The molecule has 6 heteroatoms. The average Bonchev–Trinajstić information content (AvgIpc) is 2.32. The molecule has 0 aromatic heterocycles. The summed E-state index contributed by atoms with van der Waals surface area (Å²) in [5.41, 5.74) is 0. The van der Waals surface area contributed by atoms with Crippen LogP contribution in [0.5, 0.6) is 0 Å². The van der Waals surface area contributed by atoms with Crippen LogP contribution in [0.1, 0.15) is 12.8 Å². The van der Waals surface area contributed by atoms with Gasteiger partial charge < -0.3 is 4.52 Å². The molecule has 1 saturated heterocycles. The van der Waals surface area contributed by atoms with Crippen LogP contribution < -0.4 is 0 Å². The van der Waals surface area contributed by atoms with E-state index in [1.807, 2.05) is 0 Å². The summed E-state index contributed by atoms with van der Waals surface area (Å²) in [6.07, 6.45) is 0.894. The van der Waals surface area contributed by atoms with E-state index in [4.69, 9.17) is 4.52 Å². The summed E-state index contributed by atoms with van der Waals surface area (Å²) in [4.78, 5) is 23.7. The molecule has 0 aliphatic carbocycles. The van der Waals surface area contributed by atoms with Crippen molar-refractivity contribution in [2.75, 3.05) is 13.2 Å². The van der Waals surface area contributed by atoms with Crippen molar-refractivity contribution in [1.82, 2.24) is 4.90 Å². The van der Waals surface area contributed by atoms with E-state index in [-0.39, 0.29) is 18.2 Å². The van der Waals surface area contributed by atoms with Crippen LogP contribution in [0.2, 0.25) is 0 Å². The summed E-state index contributed by atoms with van der Waals surface area (Å²) in [5, 5.41) is -0.440. The first-order valence-electron chi connectivity index (χ1n) is 4.00. The number of carbonyl (C=O) groups is 2. The van der Waals surface area contributed by atoms with Crippen molar-refractivity contribution in [2.24, 2.45) is 0 Å². The Bertz CT molecular complexity index is 224. The lowest BCUT2D eigenvalue weighted by atomic mass is 10.4. The van der Waals surface area contributed by atoms with E-state index in [9.17, 15) is 9.59 Å². The molecule has 0 N–H and O–H groups in total. The van der Waals surface area contributed by atoms with Crippen molar-refractivity contribution < 1.29 is 14.1 Å². The molecule has 0 aromatic rings. The molecule has 74 valence electrons. The number of thiol groups is 1. The standard InChI is InChI=1S/C7H12NO3PS/c9-6-4-5(13)7(10)8(6)2-1-3-11-12/h5,13H,1-4,12H2. The summed E-state index contributed by atoms with van der Waals surface area (Å²) >= 11 is 4.00. The average molecular weight is 221 g/mol. The van der Waals surface area contributed by atoms with Crippen LogP contribution in [0.15, 0.2) is 0 Å². The number of likely N-dealkylation sites (tertiary alicyclic amines) is 1. The monoisotopic (exact) mass is 221 g/mol. The fourth-order valence-corrected chi connectivity index (χ4v) is 1.67. The number of carbonyl (C=O) groups excluding carboxylic acids is 2. The van der Waals surface area contributed by atoms with Crippen LogP contribution in [-0.2, 0) is 14.1 Å². The minimum Gasteiger partial charge on any atom is -0.366 e. The predicted octanol–water partition coefficient (Wildman–Crippen LogP) is 0.240. The predicted molar refractivity (Wildman–Crippen MR) is 54.4 cm³/mol. The molecule has 0 bridgehead atoms. The zero-order valence-electron chi connectivity index (χ0n) is 7.10. The summed E-state index contributed by atoms with van der Waals surface area (Å²) in [6, 6.07) is 0. The first-order valence-corrected chi connectivity index (χ1v) is 4.99. The maximum atomic E-state index is 11.3. The van der Waals surface area contributed by atoms with Gasteiger partial charge in [-0.3, -0.25) is 14.5 Å². The highest BCUT2D eigenvalue weighted by molar-refractivity contribution is 7.81. The molecule has 1 heterocycles. The van der Waals surface area contributed by atoms with E-state index in [0.29, 0.717) is 19.6 Å². The molecule has 1 rings (SSSR count). The van der Waals surface area contributed by atoms with Crippen LogP contribution in [-0.4, -0.2) is 35.1 Å². The van der Waals surface area contributed by atoms with Gasteiger partial charge in [0.05, 0.1) is 11.9 Å². The first kappa shape index (κ1) is 11.0. The Balaban J connectivity index is 2.40. The van der Waals surface area contributed by atoms with Gasteiger partial charge in [-0.25, -0.2) is 0 Å². The molecule has 0 aromatic carbocycles. The molecule has 1 fully saturated rings. The second kappa shape index (κ2) is 4.94. The molecule has 0 saturated carbocycles. The quantitative estimate of drug-likeness (QED) is 0.320. The van der Waals surface area contributed by atoms with E-state index < -0.39 is 5.25 Å². The molecule has 4 nitrogen and oxygen atoms in total. The van der Waals surface area contributed by atoms with E-state index in [1.54, 1.807) is 0 Å². The Morgan fingerprint density at radius 1 is 1.62 bits per heavy atom. The van der Waals surface area contributed by atoms with Gasteiger partial charge in [-0.1, -0.05) is 0 Å². The molecule has 0 radical (unpaired) electrons. The number of nitrogens with zero attached hydrogens (tertiary/aromatic N) is 1. The van der Waals surface area contributed by atoms with Crippen molar-refractivity contribution in [3.63, 3.8) is 0 Å². The van der Waals surface area contributed by atoms with E-state index in [2.05, 4.69) is 22.1 Å². The normalized spacial score (nSPS) is 22.9. The first-order chi connectivity index (χ1) is 6.16. The minimum absolute atomic E-state index is 0.131. The van der Waals surface area contributed by atoms with Crippen molar-refractivity contribution in [3.8, 4) is 0 Å². The van der Waals surface area contributed by atoms with Crippen LogP contribution >= 0.6 is 22.1 Å². The second-order valence-corrected chi connectivity index (χ2v) is 3.78. The third-order valence-electron chi connectivity index (χ3n) is 1.86. The molecule has 13 heavy (non-hydrogen) atoms. The smallest absolute Gasteiger partial charge is 0.242 e. The SMILES string of the molecule is O=C1CC(S)C(=O)N1CCCOP. The fraction of sp³-hybridized carbons (Fsp3) is 0.714. The third-order valence-corrected chi connectivity index (χ3v) is 2.50. The molecular formula is C7H12NO3PS. The highest BCUT2D eigenvalue weighted by atomic mass is 32.1. The Kier molecular flexibility index (Phi) is 4.16. The lowest BCUT2D eigenvalue weighted by molar-refractivity contribution is -0.138. The Morgan fingerprint density at radius 3 is 2.77 bits per heavy atom. The van der Waals surface area contributed by atoms with Gasteiger partial charge in [0.15, 0.2) is 0 Å². The van der Waals surface area contributed by atoms with Gasteiger partial charge in [-0.2, -0.15) is 12.6 Å². The van der Waals surface area contributed by atoms with E-state index >= 15 is 0 Å². The zero-order valence-corrected chi connectivity index (χ0v) is 9.15. The number of hydrogen-bond donors (Lipinski definition) is 1. The maximum Gasteiger partial charge on any atom is 0.242 e. The van der Waals surface area contributed by atoms with Gasteiger partial charge in [0.2, 0.25) is 11.8 Å². The van der Waals surface area contributed by atoms with Crippen LogP contribution in [0.3, 0.4) is 0 Å². The van der Waals surface area contributed by atoms with Gasteiger partial charge in [0.1, 0.15) is 0 Å². The molecule has 2 unspecified atom stereocenters. The van der Waals surface area contributed by atoms with Gasteiger partial charge in [0.25, 0.3) is 0 Å². The number of hydrogen-bond acceptors (Lipinski definition) is 4. The number of imide groups is 1. The largest absolute Gasteiger partial charge is 0.366 e. The van der Waals surface area contributed by atoms with E-state index in [0.717, 1.165) is 0 Å². The fourth-order valence-electron chi connectivity index (χ4n) is 1.21. The Hall–Kier alpha value is -0.120. The molecule has 2 atom stereocenters. The van der Waals surface area contributed by atoms with Crippen LogP contribution in [0.4, 0.5) is 0 Å². The van der Waals surface area contributed by atoms with Crippen LogP contribution in [0, 0.1) is 0 Å². The van der Waals surface area contributed by atoms with E-state index in [1.165, 1.54) is 4.90 Å². The number of rotatable bonds is 4. The van der Waals surface area contributed by atoms with Crippen LogP contribution in [0.25, 0.3) is 0 Å². The third kappa shape index (κ3) is 2.66. The summed E-state index contributed by atoms with van der Waals surface area (Å²) in [5.74, 6) is -0.314. The summed E-state index contributed by atoms with van der Waals surface area (Å²) in [7, 11) is 2.13. The molecule has 1 aliphatic rings. The lowest BCUT2D eigenvalue weighted by Crippen LogP contribution is -2.32. The van der Waals surface area contributed by atoms with Crippen molar-refractivity contribution >= 4 is 33.9 Å². The lowest BCUT2D eigenvalue weighted by Gasteiger charge is -2.12. The summed E-state index contributed by atoms with van der Waals surface area (Å²) < 4.78 is 4.75. The van der Waals surface area contributed by atoms with Crippen molar-refractivity contribution in [3.05, 3.63) is 0 Å². The number of amides is 2. The Morgan fingerprint density at radius 2 is 2.31 bits per heavy atom. The highest BCUT2D eigenvalue weighted by Crippen LogP contribution is 2.17. The molecular weight excluding hydrogens is 209 g/mol. The molecule has 0 spiro atoms. The van der Waals surface area contributed by atoms with Gasteiger partial charge in [0, 0.05) is 22.4 Å². The molecule has 1 aliphatic heterocycles. The van der Waals surface area contributed by atoms with Crippen molar-refractivity contribution in [1.29, 1.82) is 0 Å². The second-order valence-electron chi connectivity index (χ2n) is 2.83. The Labute approximate surface area is 84.7 Å². The topological polar surface area (TPSA) is 46.6 Å². The minimum atomic E-state index is -0.440. The summed E-state index contributed by atoms with van der Waals surface area (Å²) in [6.45, 7) is 0.960. The zero-order chi connectivity index (χ0) is 9.84. The van der Waals surface area contributed by atoms with Gasteiger partial charge in [-0.15, -0.1) is 0 Å².